The SMILES string of the molecule is Cc1ccc(N2C(=O)S/C(=C\c3cn(CC(=O)NCc4cccs4)c4ccccc34)C2=O)cc1. The standard InChI is InChI=1S/C26H21N3O3S2/c1-17-8-10-19(11-9-17)29-25(31)23(34-26(29)32)13-18-15-28(22-7-3-2-6-21(18)22)16-24(30)27-14-20-5-4-12-33-20/h2-13,15H,14,16H2,1H3,(H,27,30)/b23-13-. The smallest absolute Gasteiger partial charge is 0.298 e. The molecule has 0 radical (unpaired) electrons. The third-order valence-electron chi connectivity index (χ3n) is 5.55. The van der Waals surface area contributed by atoms with Gasteiger partial charge < -0.3 is 9.88 Å². The second-order valence-corrected chi connectivity index (χ2v) is 9.96. The number of imide groups is 1. The summed E-state index contributed by atoms with van der Waals surface area (Å²) in [4.78, 5) is 40.9. The van der Waals surface area contributed by atoms with Crippen molar-refractivity contribution in [1.29, 1.82) is 0 Å². The van der Waals surface area contributed by atoms with Crippen molar-refractivity contribution in [3.63, 3.8) is 0 Å². The maximum Gasteiger partial charge on any atom is 0.298 e. The molecule has 6 nitrogen and oxygen atoms in total. The molecule has 3 heterocycles. The molecule has 2 aromatic heterocycles. The Morgan fingerprint density at radius 1 is 1.03 bits per heavy atom. The molecule has 3 amide bonds. The minimum atomic E-state index is -0.343. The zero-order valence-corrected chi connectivity index (χ0v) is 20.0. The average molecular weight is 488 g/mol. The van der Waals surface area contributed by atoms with Gasteiger partial charge in [0, 0.05) is 27.5 Å². The topological polar surface area (TPSA) is 71.4 Å². The zero-order chi connectivity index (χ0) is 23.7. The first kappa shape index (κ1) is 22.2. The lowest BCUT2D eigenvalue weighted by Crippen LogP contribution is -2.27. The van der Waals surface area contributed by atoms with Gasteiger partial charge in [0.15, 0.2) is 0 Å². The molecule has 5 rings (SSSR count). The summed E-state index contributed by atoms with van der Waals surface area (Å²) in [7, 11) is 0. The van der Waals surface area contributed by atoms with Crippen LogP contribution in [-0.4, -0.2) is 21.6 Å². The molecule has 0 unspecified atom stereocenters. The summed E-state index contributed by atoms with van der Waals surface area (Å²) in [6, 6.07) is 19.0. The molecule has 170 valence electrons. The molecule has 4 aromatic rings. The van der Waals surface area contributed by atoms with Crippen LogP contribution in [0.4, 0.5) is 10.5 Å². The molecular formula is C26H21N3O3S2. The maximum atomic E-state index is 13.1. The van der Waals surface area contributed by atoms with Gasteiger partial charge in [0.1, 0.15) is 6.54 Å². The Morgan fingerprint density at radius 2 is 1.82 bits per heavy atom. The second-order valence-electron chi connectivity index (χ2n) is 7.94. The summed E-state index contributed by atoms with van der Waals surface area (Å²) < 4.78 is 1.87. The van der Waals surface area contributed by atoms with E-state index >= 15 is 0 Å². The van der Waals surface area contributed by atoms with Crippen LogP contribution in [0.5, 0.6) is 0 Å². The molecule has 1 N–H and O–H groups in total. The number of fused-ring (bicyclic) bond motifs is 1. The van der Waals surface area contributed by atoms with Gasteiger partial charge in [-0.1, -0.05) is 42.0 Å². The third-order valence-corrected chi connectivity index (χ3v) is 7.29. The highest BCUT2D eigenvalue weighted by Crippen LogP contribution is 2.37. The van der Waals surface area contributed by atoms with Gasteiger partial charge in [0.2, 0.25) is 5.91 Å². The van der Waals surface area contributed by atoms with E-state index in [4.69, 9.17) is 0 Å². The molecule has 0 spiro atoms. The van der Waals surface area contributed by atoms with Gasteiger partial charge in [-0.05, 0) is 54.4 Å². The fourth-order valence-corrected chi connectivity index (χ4v) is 5.33. The van der Waals surface area contributed by atoms with Crippen LogP contribution in [0.25, 0.3) is 17.0 Å². The van der Waals surface area contributed by atoms with Crippen molar-refractivity contribution >= 4 is 62.8 Å². The van der Waals surface area contributed by atoms with E-state index in [1.807, 2.05) is 71.6 Å². The van der Waals surface area contributed by atoms with E-state index in [1.54, 1.807) is 29.5 Å². The van der Waals surface area contributed by atoms with Gasteiger partial charge in [-0.2, -0.15) is 0 Å². The molecule has 0 bridgehead atoms. The number of aryl methyl sites for hydroxylation is 1. The molecule has 1 fully saturated rings. The monoisotopic (exact) mass is 487 g/mol. The zero-order valence-electron chi connectivity index (χ0n) is 18.4. The van der Waals surface area contributed by atoms with Crippen molar-refractivity contribution in [2.24, 2.45) is 0 Å². The summed E-state index contributed by atoms with van der Waals surface area (Å²) in [5.74, 6) is -0.440. The predicted octanol–water partition coefficient (Wildman–Crippen LogP) is 5.57. The number of hydrogen-bond donors (Lipinski definition) is 1. The van der Waals surface area contributed by atoms with Crippen molar-refractivity contribution in [1.82, 2.24) is 9.88 Å². The van der Waals surface area contributed by atoms with E-state index in [0.717, 1.165) is 38.7 Å². The second kappa shape index (κ2) is 9.32. The number of carbonyl (C=O) groups is 3. The lowest BCUT2D eigenvalue weighted by molar-refractivity contribution is -0.121. The summed E-state index contributed by atoms with van der Waals surface area (Å²) >= 11 is 2.53. The fraction of sp³-hybridized carbons (Fsp3) is 0.115. The molecule has 0 saturated carbocycles. The number of carbonyl (C=O) groups excluding carboxylic acids is 3. The van der Waals surface area contributed by atoms with Crippen LogP contribution >= 0.6 is 23.1 Å². The number of anilines is 1. The number of nitrogens with one attached hydrogen (secondary N) is 1. The van der Waals surface area contributed by atoms with E-state index in [0.29, 0.717) is 17.1 Å². The molecule has 0 atom stereocenters. The normalized spacial score (nSPS) is 15.0. The molecule has 8 heteroatoms. The van der Waals surface area contributed by atoms with Crippen molar-refractivity contribution in [3.05, 3.63) is 93.1 Å². The van der Waals surface area contributed by atoms with Crippen LogP contribution in [0.2, 0.25) is 0 Å². The number of thiophene rings is 1. The maximum absolute atomic E-state index is 13.1. The quantitative estimate of drug-likeness (QED) is 0.361. The lowest BCUT2D eigenvalue weighted by Gasteiger charge is -2.12. The van der Waals surface area contributed by atoms with Crippen molar-refractivity contribution < 1.29 is 14.4 Å². The van der Waals surface area contributed by atoms with Crippen LogP contribution in [-0.2, 0) is 22.7 Å². The highest BCUT2D eigenvalue weighted by atomic mass is 32.2. The Bertz CT molecular complexity index is 1420. The summed E-state index contributed by atoms with van der Waals surface area (Å²) in [5.41, 5.74) is 3.29. The van der Waals surface area contributed by atoms with Gasteiger partial charge in [-0.3, -0.25) is 14.4 Å². The van der Waals surface area contributed by atoms with E-state index in [2.05, 4.69) is 5.32 Å². The van der Waals surface area contributed by atoms with E-state index in [1.165, 1.54) is 4.90 Å². The molecule has 0 aliphatic carbocycles. The summed E-state index contributed by atoms with van der Waals surface area (Å²) in [6.07, 6.45) is 3.59. The molecule has 1 aliphatic heterocycles. The summed E-state index contributed by atoms with van der Waals surface area (Å²) in [6.45, 7) is 2.61. The molecule has 2 aromatic carbocycles. The first-order valence-corrected chi connectivity index (χ1v) is 12.4. The van der Waals surface area contributed by atoms with Gasteiger partial charge in [0.05, 0.1) is 17.1 Å². The third kappa shape index (κ3) is 4.42. The van der Waals surface area contributed by atoms with E-state index in [9.17, 15) is 14.4 Å². The number of thioether (sulfide) groups is 1. The van der Waals surface area contributed by atoms with Crippen LogP contribution < -0.4 is 10.2 Å². The highest BCUT2D eigenvalue weighted by molar-refractivity contribution is 8.19. The number of para-hydroxylation sites is 1. The van der Waals surface area contributed by atoms with Gasteiger partial charge in [-0.15, -0.1) is 11.3 Å². The van der Waals surface area contributed by atoms with E-state index < -0.39 is 0 Å². The predicted molar refractivity (Wildman–Crippen MR) is 138 cm³/mol. The number of aromatic nitrogens is 1. The van der Waals surface area contributed by atoms with Crippen molar-refractivity contribution in [2.45, 2.75) is 20.0 Å². The lowest BCUT2D eigenvalue weighted by atomic mass is 10.1. The van der Waals surface area contributed by atoms with Crippen LogP contribution in [0.15, 0.2) is 77.1 Å². The Kier molecular flexibility index (Phi) is 6.08. The number of hydrogen-bond acceptors (Lipinski definition) is 5. The van der Waals surface area contributed by atoms with Crippen molar-refractivity contribution in [2.75, 3.05) is 4.90 Å². The minimum Gasteiger partial charge on any atom is -0.350 e. The highest BCUT2D eigenvalue weighted by Gasteiger charge is 2.36. The Morgan fingerprint density at radius 3 is 2.59 bits per heavy atom. The van der Waals surface area contributed by atoms with Gasteiger partial charge in [0.25, 0.3) is 11.1 Å². The van der Waals surface area contributed by atoms with Gasteiger partial charge in [-0.25, -0.2) is 4.90 Å². The largest absolute Gasteiger partial charge is 0.350 e. The van der Waals surface area contributed by atoms with Crippen LogP contribution in [0, 0.1) is 6.92 Å². The first-order chi connectivity index (χ1) is 16.5. The average Bonchev–Trinajstić information content (AvgIpc) is 3.53. The minimum absolute atomic E-state index is 0.0969. The van der Waals surface area contributed by atoms with Gasteiger partial charge >= 0.3 is 0 Å². The Hall–Kier alpha value is -3.62. The van der Waals surface area contributed by atoms with Crippen LogP contribution in [0.1, 0.15) is 16.0 Å². The molecule has 1 aliphatic rings. The number of rotatable bonds is 6. The molecule has 34 heavy (non-hydrogen) atoms. The first-order valence-electron chi connectivity index (χ1n) is 10.7. The number of nitrogens with zero attached hydrogens (tertiary/aromatic N) is 2. The van der Waals surface area contributed by atoms with Crippen LogP contribution in [0.3, 0.4) is 0 Å². The fourth-order valence-electron chi connectivity index (χ4n) is 3.86. The molecular weight excluding hydrogens is 466 g/mol. The van der Waals surface area contributed by atoms with Crippen molar-refractivity contribution in [3.8, 4) is 0 Å². The summed E-state index contributed by atoms with van der Waals surface area (Å²) in [5, 5.41) is 5.52. The Balaban J connectivity index is 1.40. The number of amides is 3. The van der Waals surface area contributed by atoms with E-state index in [-0.39, 0.29) is 23.6 Å². The Labute approximate surface area is 204 Å². The molecule has 1 saturated heterocycles. The number of benzene rings is 2.